The minimum absolute atomic E-state index is 0.0747. The molecular weight excluding hydrogens is 297 g/mol. The maximum absolute atomic E-state index is 12.4. The highest BCUT2D eigenvalue weighted by molar-refractivity contribution is 8.00. The highest BCUT2D eigenvalue weighted by Crippen LogP contribution is 2.41. The standard InChI is InChI=1S/C16H17F3OS/c17-16(18,19)20-15-7-2-1-4-12(15)8-11-9-13-5-3-6-14(10-11)21-13/h1-2,4,7,9,13-14H,3,5-6,8,10H2. The molecule has 0 radical (unpaired) electrons. The normalized spacial score (nSPS) is 25.4. The number of rotatable bonds is 3. The number of alkyl halides is 3. The molecule has 5 heteroatoms. The number of hydrogen-bond acceptors (Lipinski definition) is 2. The molecule has 1 fully saturated rings. The maximum Gasteiger partial charge on any atom is 0.573 e. The molecular formula is C16H17F3OS. The van der Waals surface area contributed by atoms with Crippen LogP contribution in [-0.2, 0) is 6.42 Å². The molecule has 1 saturated heterocycles. The number of benzene rings is 1. The van der Waals surface area contributed by atoms with Gasteiger partial charge < -0.3 is 4.74 Å². The van der Waals surface area contributed by atoms with Crippen LogP contribution in [0.25, 0.3) is 0 Å². The zero-order valence-electron chi connectivity index (χ0n) is 11.5. The molecule has 0 spiro atoms. The van der Waals surface area contributed by atoms with Gasteiger partial charge in [0.1, 0.15) is 5.75 Å². The third-order valence-electron chi connectivity index (χ3n) is 3.91. The van der Waals surface area contributed by atoms with E-state index in [-0.39, 0.29) is 5.75 Å². The Morgan fingerprint density at radius 2 is 2.00 bits per heavy atom. The van der Waals surface area contributed by atoms with Gasteiger partial charge in [0.25, 0.3) is 0 Å². The molecule has 1 nitrogen and oxygen atoms in total. The second-order valence-corrected chi connectivity index (χ2v) is 7.13. The quantitative estimate of drug-likeness (QED) is 0.717. The molecule has 114 valence electrons. The summed E-state index contributed by atoms with van der Waals surface area (Å²) >= 11 is 2.01. The fourth-order valence-electron chi connectivity index (χ4n) is 3.08. The van der Waals surface area contributed by atoms with E-state index in [0.717, 1.165) is 6.42 Å². The molecule has 0 saturated carbocycles. The lowest BCUT2D eigenvalue weighted by Crippen LogP contribution is -2.22. The monoisotopic (exact) mass is 314 g/mol. The van der Waals surface area contributed by atoms with Crippen LogP contribution in [0.5, 0.6) is 5.75 Å². The van der Waals surface area contributed by atoms with E-state index < -0.39 is 6.36 Å². The first-order valence-electron chi connectivity index (χ1n) is 7.18. The molecule has 21 heavy (non-hydrogen) atoms. The van der Waals surface area contributed by atoms with E-state index >= 15 is 0 Å². The van der Waals surface area contributed by atoms with Crippen molar-refractivity contribution in [3.63, 3.8) is 0 Å². The van der Waals surface area contributed by atoms with Crippen LogP contribution in [0.3, 0.4) is 0 Å². The van der Waals surface area contributed by atoms with E-state index in [2.05, 4.69) is 10.8 Å². The number of fused-ring (bicyclic) bond motifs is 2. The SMILES string of the molecule is FC(F)(F)Oc1ccccc1CC1=CC2CCCC(C1)S2. The van der Waals surface area contributed by atoms with Crippen molar-refractivity contribution in [3.05, 3.63) is 41.5 Å². The van der Waals surface area contributed by atoms with Crippen molar-refractivity contribution < 1.29 is 17.9 Å². The molecule has 2 atom stereocenters. The van der Waals surface area contributed by atoms with Crippen LogP contribution < -0.4 is 4.74 Å². The zero-order chi connectivity index (χ0) is 14.9. The Morgan fingerprint density at radius 3 is 2.76 bits per heavy atom. The van der Waals surface area contributed by atoms with E-state index in [1.54, 1.807) is 18.2 Å². The summed E-state index contributed by atoms with van der Waals surface area (Å²) in [5, 5.41) is 1.18. The van der Waals surface area contributed by atoms with Crippen molar-refractivity contribution in [2.24, 2.45) is 0 Å². The molecule has 3 rings (SSSR count). The van der Waals surface area contributed by atoms with Crippen molar-refractivity contribution in [1.82, 2.24) is 0 Å². The Labute approximate surface area is 126 Å². The first-order chi connectivity index (χ1) is 9.99. The summed E-state index contributed by atoms with van der Waals surface area (Å²) in [5.74, 6) is -0.0747. The number of thioether (sulfide) groups is 1. The van der Waals surface area contributed by atoms with Crippen molar-refractivity contribution in [3.8, 4) is 5.75 Å². The predicted octanol–water partition coefficient (Wildman–Crippen LogP) is 5.11. The fraction of sp³-hybridized carbons (Fsp3) is 0.500. The molecule has 1 aromatic rings. The molecule has 0 aromatic heterocycles. The van der Waals surface area contributed by atoms with Gasteiger partial charge in [-0.25, -0.2) is 0 Å². The van der Waals surface area contributed by atoms with Gasteiger partial charge in [-0.2, -0.15) is 11.8 Å². The van der Waals surface area contributed by atoms with Gasteiger partial charge in [-0.1, -0.05) is 36.3 Å². The van der Waals surface area contributed by atoms with Gasteiger partial charge in [-0.05, 0) is 37.3 Å². The number of hydrogen-bond donors (Lipinski definition) is 0. The summed E-state index contributed by atoms with van der Waals surface area (Å²) in [5.41, 5.74) is 1.87. The lowest BCUT2D eigenvalue weighted by molar-refractivity contribution is -0.274. The molecule has 0 aliphatic carbocycles. The average Bonchev–Trinajstić information content (AvgIpc) is 2.39. The third kappa shape index (κ3) is 3.96. The minimum Gasteiger partial charge on any atom is -0.405 e. The fourth-order valence-corrected chi connectivity index (χ4v) is 4.76. The van der Waals surface area contributed by atoms with Crippen LogP contribution in [-0.4, -0.2) is 16.9 Å². The van der Waals surface area contributed by atoms with Gasteiger partial charge in [0, 0.05) is 10.5 Å². The number of para-hydroxylation sites is 1. The van der Waals surface area contributed by atoms with Crippen molar-refractivity contribution in [2.75, 3.05) is 0 Å². The molecule has 2 aliphatic rings. The second-order valence-electron chi connectivity index (χ2n) is 5.59. The first-order valence-corrected chi connectivity index (χ1v) is 8.12. The Morgan fingerprint density at radius 1 is 1.19 bits per heavy atom. The van der Waals surface area contributed by atoms with Crippen molar-refractivity contribution >= 4 is 11.8 Å². The summed E-state index contributed by atoms with van der Waals surface area (Å²) in [4.78, 5) is 0. The Kier molecular flexibility index (Phi) is 4.20. The lowest BCUT2D eigenvalue weighted by Gasteiger charge is -2.33. The van der Waals surface area contributed by atoms with Crippen LogP contribution in [0, 0.1) is 0 Å². The van der Waals surface area contributed by atoms with Crippen LogP contribution >= 0.6 is 11.8 Å². The minimum atomic E-state index is -4.64. The van der Waals surface area contributed by atoms with E-state index in [9.17, 15) is 13.2 Å². The number of allylic oxidation sites excluding steroid dienone is 1. The van der Waals surface area contributed by atoms with E-state index in [0.29, 0.717) is 22.5 Å². The van der Waals surface area contributed by atoms with Gasteiger partial charge in [-0.3, -0.25) is 0 Å². The van der Waals surface area contributed by atoms with Crippen LogP contribution in [0.15, 0.2) is 35.9 Å². The maximum atomic E-state index is 12.4. The van der Waals surface area contributed by atoms with Crippen LogP contribution in [0.4, 0.5) is 13.2 Å². The van der Waals surface area contributed by atoms with Gasteiger partial charge in [0.15, 0.2) is 0 Å². The Bertz CT molecular complexity index is 539. The molecule has 2 bridgehead atoms. The van der Waals surface area contributed by atoms with Gasteiger partial charge in [-0.15, -0.1) is 13.2 Å². The largest absolute Gasteiger partial charge is 0.573 e. The van der Waals surface area contributed by atoms with E-state index in [1.165, 1.54) is 30.9 Å². The molecule has 2 unspecified atom stereocenters. The molecule has 0 amide bonds. The Hall–Kier alpha value is -1.10. The summed E-state index contributed by atoms with van der Waals surface area (Å²) in [6.45, 7) is 0. The molecule has 2 aliphatic heterocycles. The molecule has 1 aromatic carbocycles. The number of ether oxygens (including phenoxy) is 1. The van der Waals surface area contributed by atoms with Crippen LogP contribution in [0.2, 0.25) is 0 Å². The number of halogens is 3. The molecule has 0 N–H and O–H groups in total. The van der Waals surface area contributed by atoms with Gasteiger partial charge in [0.2, 0.25) is 0 Å². The predicted molar refractivity (Wildman–Crippen MR) is 78.5 cm³/mol. The smallest absolute Gasteiger partial charge is 0.405 e. The Balaban J connectivity index is 1.77. The zero-order valence-corrected chi connectivity index (χ0v) is 12.3. The van der Waals surface area contributed by atoms with E-state index in [4.69, 9.17) is 0 Å². The van der Waals surface area contributed by atoms with Gasteiger partial charge >= 0.3 is 6.36 Å². The summed E-state index contributed by atoms with van der Waals surface area (Å²) < 4.78 is 41.5. The van der Waals surface area contributed by atoms with Crippen molar-refractivity contribution in [1.29, 1.82) is 0 Å². The highest BCUT2D eigenvalue weighted by atomic mass is 32.2. The summed E-state index contributed by atoms with van der Waals surface area (Å²) in [6, 6.07) is 6.45. The van der Waals surface area contributed by atoms with Crippen LogP contribution in [0.1, 0.15) is 31.2 Å². The highest BCUT2D eigenvalue weighted by Gasteiger charge is 2.32. The topological polar surface area (TPSA) is 9.23 Å². The first kappa shape index (κ1) is 14.8. The van der Waals surface area contributed by atoms with E-state index in [1.807, 2.05) is 11.8 Å². The van der Waals surface area contributed by atoms with Crippen molar-refractivity contribution in [2.45, 2.75) is 49.0 Å². The summed E-state index contributed by atoms with van der Waals surface area (Å²) in [6.07, 6.45) is 2.83. The average molecular weight is 314 g/mol. The van der Waals surface area contributed by atoms with Gasteiger partial charge in [0.05, 0.1) is 0 Å². The second kappa shape index (κ2) is 5.95. The third-order valence-corrected chi connectivity index (χ3v) is 5.42. The molecule has 2 heterocycles. The summed E-state index contributed by atoms with van der Waals surface area (Å²) in [7, 11) is 0. The lowest BCUT2D eigenvalue weighted by atomic mass is 9.93.